The topological polar surface area (TPSA) is 21.6 Å². The maximum absolute atomic E-state index is 4.93. The fourth-order valence-corrected chi connectivity index (χ4v) is 0.978. The molecule has 1 heterocycles. The van der Waals surface area contributed by atoms with Gasteiger partial charge in [0.25, 0.3) is 0 Å². The molecule has 0 aromatic carbocycles. The first-order valence-corrected chi connectivity index (χ1v) is 3.86. The molecule has 58 valence electrons. The van der Waals surface area contributed by atoms with E-state index in [2.05, 4.69) is 25.9 Å². The SMILES string of the molecule is CCC(C)(C)C1=NOCC1. The van der Waals surface area contributed by atoms with Gasteiger partial charge in [-0.25, -0.2) is 0 Å². The zero-order valence-corrected chi connectivity index (χ0v) is 6.98. The molecule has 1 rings (SSSR count). The van der Waals surface area contributed by atoms with Gasteiger partial charge in [-0.1, -0.05) is 25.9 Å². The van der Waals surface area contributed by atoms with E-state index >= 15 is 0 Å². The van der Waals surface area contributed by atoms with Gasteiger partial charge in [-0.05, 0) is 6.42 Å². The molecule has 0 fully saturated rings. The van der Waals surface area contributed by atoms with Gasteiger partial charge >= 0.3 is 0 Å². The molecule has 0 saturated carbocycles. The third-order valence-electron chi connectivity index (χ3n) is 2.27. The summed E-state index contributed by atoms with van der Waals surface area (Å²) >= 11 is 0. The predicted octanol–water partition coefficient (Wildman–Crippen LogP) is 2.20. The molecule has 0 atom stereocenters. The van der Waals surface area contributed by atoms with Crippen molar-refractivity contribution in [2.24, 2.45) is 10.6 Å². The Morgan fingerprint density at radius 3 is 2.70 bits per heavy atom. The first kappa shape index (κ1) is 7.58. The van der Waals surface area contributed by atoms with Crippen molar-refractivity contribution in [2.75, 3.05) is 6.61 Å². The average Bonchev–Trinajstić information content (AvgIpc) is 2.38. The fourth-order valence-electron chi connectivity index (χ4n) is 0.978. The van der Waals surface area contributed by atoms with Gasteiger partial charge in [0.15, 0.2) is 0 Å². The van der Waals surface area contributed by atoms with E-state index < -0.39 is 0 Å². The predicted molar refractivity (Wildman–Crippen MR) is 42.1 cm³/mol. The van der Waals surface area contributed by atoms with Gasteiger partial charge in [-0.15, -0.1) is 0 Å². The molecule has 0 aromatic rings. The standard InChI is InChI=1S/C8H15NO/c1-4-8(2,3)7-5-6-10-9-7/h4-6H2,1-3H3. The largest absolute Gasteiger partial charge is 0.395 e. The van der Waals surface area contributed by atoms with E-state index in [0.717, 1.165) is 19.4 Å². The summed E-state index contributed by atoms with van der Waals surface area (Å²) in [6, 6.07) is 0. The Morgan fingerprint density at radius 1 is 1.60 bits per heavy atom. The van der Waals surface area contributed by atoms with Crippen LogP contribution in [0, 0.1) is 5.41 Å². The van der Waals surface area contributed by atoms with Crippen LogP contribution in [-0.2, 0) is 4.84 Å². The number of oxime groups is 1. The zero-order valence-electron chi connectivity index (χ0n) is 6.98. The molecule has 0 unspecified atom stereocenters. The second-order valence-corrected chi connectivity index (χ2v) is 3.36. The van der Waals surface area contributed by atoms with Crippen LogP contribution in [0.2, 0.25) is 0 Å². The van der Waals surface area contributed by atoms with Crippen LogP contribution in [0.15, 0.2) is 5.16 Å². The maximum atomic E-state index is 4.93. The van der Waals surface area contributed by atoms with Gasteiger partial charge in [0.05, 0.1) is 5.71 Å². The fraction of sp³-hybridized carbons (Fsp3) is 0.875. The third-order valence-corrected chi connectivity index (χ3v) is 2.27. The Bertz CT molecular complexity index is 149. The van der Waals surface area contributed by atoms with Crippen molar-refractivity contribution in [3.63, 3.8) is 0 Å². The van der Waals surface area contributed by atoms with E-state index in [9.17, 15) is 0 Å². The summed E-state index contributed by atoms with van der Waals surface area (Å²) in [5, 5.41) is 3.99. The summed E-state index contributed by atoms with van der Waals surface area (Å²) in [5.74, 6) is 0. The minimum atomic E-state index is 0.247. The van der Waals surface area contributed by atoms with Crippen LogP contribution in [-0.4, -0.2) is 12.3 Å². The quantitative estimate of drug-likeness (QED) is 0.577. The van der Waals surface area contributed by atoms with Crippen molar-refractivity contribution in [1.82, 2.24) is 0 Å². The highest BCUT2D eigenvalue weighted by molar-refractivity contribution is 5.89. The summed E-state index contributed by atoms with van der Waals surface area (Å²) in [6.45, 7) is 7.38. The summed E-state index contributed by atoms with van der Waals surface area (Å²) in [4.78, 5) is 4.93. The lowest BCUT2D eigenvalue weighted by atomic mass is 9.83. The van der Waals surface area contributed by atoms with Gasteiger partial charge in [0.1, 0.15) is 6.61 Å². The van der Waals surface area contributed by atoms with E-state index in [1.54, 1.807) is 0 Å². The minimum Gasteiger partial charge on any atom is -0.395 e. The normalized spacial score (nSPS) is 18.5. The highest BCUT2D eigenvalue weighted by atomic mass is 16.6. The van der Waals surface area contributed by atoms with Crippen LogP contribution in [0.25, 0.3) is 0 Å². The molecule has 0 bridgehead atoms. The second-order valence-electron chi connectivity index (χ2n) is 3.36. The summed E-state index contributed by atoms with van der Waals surface area (Å²) in [7, 11) is 0. The van der Waals surface area contributed by atoms with E-state index in [-0.39, 0.29) is 5.41 Å². The highest BCUT2D eigenvalue weighted by Gasteiger charge is 2.25. The Balaban J connectivity index is 2.62. The molecule has 0 aliphatic carbocycles. The van der Waals surface area contributed by atoms with Crippen molar-refractivity contribution < 1.29 is 4.84 Å². The summed E-state index contributed by atoms with van der Waals surface area (Å²) in [5.41, 5.74) is 1.46. The molecular formula is C8H15NO. The monoisotopic (exact) mass is 141 g/mol. The molecule has 0 saturated heterocycles. The third kappa shape index (κ3) is 1.31. The lowest BCUT2D eigenvalue weighted by Gasteiger charge is -2.20. The Labute approximate surface area is 62.3 Å². The number of rotatable bonds is 2. The Kier molecular flexibility index (Phi) is 1.97. The van der Waals surface area contributed by atoms with Crippen LogP contribution in [0.3, 0.4) is 0 Å². The molecule has 2 nitrogen and oxygen atoms in total. The van der Waals surface area contributed by atoms with E-state index in [1.807, 2.05) is 0 Å². The van der Waals surface area contributed by atoms with Crippen molar-refractivity contribution in [1.29, 1.82) is 0 Å². The summed E-state index contributed by atoms with van der Waals surface area (Å²) < 4.78 is 0. The number of hydrogen-bond donors (Lipinski definition) is 0. The van der Waals surface area contributed by atoms with Crippen LogP contribution in [0.4, 0.5) is 0 Å². The molecule has 0 N–H and O–H groups in total. The van der Waals surface area contributed by atoms with Gasteiger partial charge in [0, 0.05) is 11.8 Å². The molecule has 0 spiro atoms. The first-order valence-electron chi connectivity index (χ1n) is 3.86. The van der Waals surface area contributed by atoms with E-state index in [0.29, 0.717) is 0 Å². The van der Waals surface area contributed by atoms with Crippen molar-refractivity contribution in [2.45, 2.75) is 33.6 Å². The molecule has 0 amide bonds. The molecule has 0 radical (unpaired) electrons. The molecule has 2 heteroatoms. The Hall–Kier alpha value is -0.530. The van der Waals surface area contributed by atoms with Crippen LogP contribution < -0.4 is 0 Å². The smallest absolute Gasteiger partial charge is 0.122 e. The lowest BCUT2D eigenvalue weighted by Crippen LogP contribution is -2.21. The van der Waals surface area contributed by atoms with Crippen LogP contribution in [0.1, 0.15) is 33.6 Å². The van der Waals surface area contributed by atoms with Gasteiger partial charge < -0.3 is 4.84 Å². The van der Waals surface area contributed by atoms with Gasteiger partial charge in [-0.3, -0.25) is 0 Å². The molecule has 0 aromatic heterocycles. The van der Waals surface area contributed by atoms with Crippen molar-refractivity contribution in [3.05, 3.63) is 0 Å². The molecule has 10 heavy (non-hydrogen) atoms. The molecule has 1 aliphatic rings. The molecular weight excluding hydrogens is 126 g/mol. The van der Waals surface area contributed by atoms with Gasteiger partial charge in [0.2, 0.25) is 0 Å². The Morgan fingerprint density at radius 2 is 2.30 bits per heavy atom. The lowest BCUT2D eigenvalue weighted by molar-refractivity contribution is 0.173. The summed E-state index contributed by atoms with van der Waals surface area (Å²) in [6.07, 6.45) is 2.15. The van der Waals surface area contributed by atoms with Crippen molar-refractivity contribution >= 4 is 5.71 Å². The van der Waals surface area contributed by atoms with Gasteiger partial charge in [-0.2, -0.15) is 0 Å². The molecule has 1 aliphatic heterocycles. The average molecular weight is 141 g/mol. The zero-order chi connectivity index (χ0) is 7.61. The number of nitrogens with zero attached hydrogens (tertiary/aromatic N) is 1. The van der Waals surface area contributed by atoms with E-state index in [1.165, 1.54) is 5.71 Å². The van der Waals surface area contributed by atoms with Crippen LogP contribution >= 0.6 is 0 Å². The van der Waals surface area contributed by atoms with E-state index in [4.69, 9.17) is 4.84 Å². The second kappa shape index (κ2) is 2.60. The minimum absolute atomic E-state index is 0.247. The van der Waals surface area contributed by atoms with Crippen molar-refractivity contribution in [3.8, 4) is 0 Å². The number of hydrogen-bond acceptors (Lipinski definition) is 2. The van der Waals surface area contributed by atoms with Crippen LogP contribution in [0.5, 0.6) is 0 Å². The maximum Gasteiger partial charge on any atom is 0.122 e. The first-order chi connectivity index (χ1) is 4.67. The highest BCUT2D eigenvalue weighted by Crippen LogP contribution is 2.26.